The van der Waals surface area contributed by atoms with E-state index in [4.69, 9.17) is 4.74 Å². The van der Waals surface area contributed by atoms with Crippen LogP contribution in [0.15, 0.2) is 54.6 Å². The third-order valence-electron chi connectivity index (χ3n) is 5.03. The lowest BCUT2D eigenvalue weighted by Crippen LogP contribution is -2.50. The smallest absolute Gasteiger partial charge is 0.261 e. The van der Waals surface area contributed by atoms with Crippen LogP contribution < -0.4 is 10.1 Å². The van der Waals surface area contributed by atoms with Gasteiger partial charge in [-0.1, -0.05) is 63.2 Å². The predicted octanol–water partition coefficient (Wildman–Crippen LogP) is 3.86. The highest BCUT2D eigenvalue weighted by atomic mass is 16.5. The van der Waals surface area contributed by atoms with E-state index >= 15 is 0 Å². The van der Waals surface area contributed by atoms with Gasteiger partial charge in [0.15, 0.2) is 6.61 Å². The highest BCUT2D eigenvalue weighted by Crippen LogP contribution is 2.13. The highest BCUT2D eigenvalue weighted by Gasteiger charge is 2.26. The first-order valence-electron chi connectivity index (χ1n) is 10.7. The summed E-state index contributed by atoms with van der Waals surface area (Å²) in [5, 5.41) is 2.93. The van der Waals surface area contributed by atoms with Crippen molar-refractivity contribution in [2.75, 3.05) is 19.7 Å². The van der Waals surface area contributed by atoms with Gasteiger partial charge in [0.25, 0.3) is 5.91 Å². The van der Waals surface area contributed by atoms with Gasteiger partial charge in [0.05, 0.1) is 0 Å². The monoisotopic (exact) mass is 410 g/mol. The first-order valence-corrected chi connectivity index (χ1v) is 10.7. The Morgan fingerprint density at radius 1 is 0.967 bits per heavy atom. The number of aryl methyl sites for hydroxylation is 1. The van der Waals surface area contributed by atoms with Crippen LogP contribution in [0.25, 0.3) is 0 Å². The number of ether oxygens (including phenoxy) is 1. The molecule has 0 bridgehead atoms. The molecule has 5 nitrogen and oxygen atoms in total. The van der Waals surface area contributed by atoms with Crippen molar-refractivity contribution in [3.8, 4) is 5.75 Å². The van der Waals surface area contributed by atoms with Gasteiger partial charge in [-0.05, 0) is 48.9 Å². The second kappa shape index (κ2) is 12.0. The number of carbonyl (C=O) groups excluding carboxylic acids is 2. The van der Waals surface area contributed by atoms with Crippen molar-refractivity contribution in [3.63, 3.8) is 0 Å². The van der Waals surface area contributed by atoms with E-state index < -0.39 is 6.04 Å². The van der Waals surface area contributed by atoms with Crippen LogP contribution in [-0.4, -0.2) is 42.5 Å². The van der Waals surface area contributed by atoms with E-state index in [0.29, 0.717) is 31.2 Å². The average molecular weight is 411 g/mol. The van der Waals surface area contributed by atoms with E-state index in [1.165, 1.54) is 5.56 Å². The fraction of sp³-hybridized carbons (Fsp3) is 0.440. The molecule has 0 heterocycles. The molecule has 0 aliphatic heterocycles. The maximum Gasteiger partial charge on any atom is 0.261 e. The molecule has 0 aliphatic carbocycles. The molecule has 30 heavy (non-hydrogen) atoms. The molecule has 1 atom stereocenters. The van der Waals surface area contributed by atoms with E-state index in [1.54, 1.807) is 11.8 Å². The lowest BCUT2D eigenvalue weighted by molar-refractivity contribution is -0.141. The fourth-order valence-electron chi connectivity index (χ4n) is 3.07. The Labute approximate surface area is 180 Å². The largest absolute Gasteiger partial charge is 0.484 e. The number of rotatable bonds is 11. The zero-order valence-electron chi connectivity index (χ0n) is 18.6. The van der Waals surface area contributed by atoms with Gasteiger partial charge in [-0.15, -0.1) is 0 Å². The molecule has 0 saturated carbocycles. The van der Waals surface area contributed by atoms with Crippen LogP contribution in [0.4, 0.5) is 0 Å². The van der Waals surface area contributed by atoms with Crippen LogP contribution in [0, 0.1) is 5.92 Å². The van der Waals surface area contributed by atoms with E-state index in [-0.39, 0.29) is 18.4 Å². The van der Waals surface area contributed by atoms with Crippen molar-refractivity contribution in [1.82, 2.24) is 10.2 Å². The minimum absolute atomic E-state index is 0.0952. The second-order valence-electron chi connectivity index (χ2n) is 7.92. The molecule has 2 amide bonds. The summed E-state index contributed by atoms with van der Waals surface area (Å²) in [5.74, 6) is 0.666. The Morgan fingerprint density at radius 2 is 1.63 bits per heavy atom. The Kier molecular flexibility index (Phi) is 9.39. The van der Waals surface area contributed by atoms with Crippen molar-refractivity contribution < 1.29 is 14.3 Å². The Hall–Kier alpha value is -2.82. The van der Waals surface area contributed by atoms with Gasteiger partial charge in [0, 0.05) is 13.1 Å². The Bertz CT molecular complexity index is 788. The summed E-state index contributed by atoms with van der Waals surface area (Å²) in [6, 6.07) is 17.1. The number of nitrogens with one attached hydrogen (secondary N) is 1. The molecule has 0 radical (unpaired) electrons. The third kappa shape index (κ3) is 7.54. The summed E-state index contributed by atoms with van der Waals surface area (Å²) in [5.41, 5.74) is 2.34. The summed E-state index contributed by atoms with van der Waals surface area (Å²) in [6.45, 7) is 8.90. The summed E-state index contributed by atoms with van der Waals surface area (Å²) in [6.07, 6.45) is 1.63. The van der Waals surface area contributed by atoms with E-state index in [0.717, 1.165) is 12.0 Å². The zero-order chi connectivity index (χ0) is 21.9. The van der Waals surface area contributed by atoms with Crippen LogP contribution in [0.2, 0.25) is 0 Å². The summed E-state index contributed by atoms with van der Waals surface area (Å²) in [7, 11) is 0. The number of nitrogens with zero attached hydrogens (tertiary/aromatic N) is 1. The normalized spacial score (nSPS) is 11.8. The quantitative estimate of drug-likeness (QED) is 0.612. The molecular weight excluding hydrogens is 376 g/mol. The minimum Gasteiger partial charge on any atom is -0.484 e. The van der Waals surface area contributed by atoms with Gasteiger partial charge in [-0.2, -0.15) is 0 Å². The Morgan fingerprint density at radius 3 is 2.23 bits per heavy atom. The highest BCUT2D eigenvalue weighted by molar-refractivity contribution is 5.88. The SMILES string of the molecule is CCc1ccc(OCC(=O)N(CCc2ccccc2)[C@@H](C)C(=O)NCC(C)C)cc1. The lowest BCUT2D eigenvalue weighted by Gasteiger charge is -2.29. The molecule has 0 unspecified atom stereocenters. The third-order valence-corrected chi connectivity index (χ3v) is 5.03. The van der Waals surface area contributed by atoms with Gasteiger partial charge in [0.1, 0.15) is 11.8 Å². The van der Waals surface area contributed by atoms with Gasteiger partial charge in [-0.3, -0.25) is 9.59 Å². The van der Waals surface area contributed by atoms with E-state index in [1.807, 2.05) is 68.4 Å². The topological polar surface area (TPSA) is 58.6 Å². The van der Waals surface area contributed by atoms with Gasteiger partial charge >= 0.3 is 0 Å². The second-order valence-corrected chi connectivity index (χ2v) is 7.92. The molecule has 2 aromatic carbocycles. The number of benzene rings is 2. The summed E-state index contributed by atoms with van der Waals surface area (Å²) in [4.78, 5) is 27.2. The average Bonchev–Trinajstić information content (AvgIpc) is 2.77. The van der Waals surface area contributed by atoms with Crippen molar-refractivity contribution in [3.05, 3.63) is 65.7 Å². The van der Waals surface area contributed by atoms with Crippen molar-refractivity contribution in [1.29, 1.82) is 0 Å². The summed E-state index contributed by atoms with van der Waals surface area (Å²) >= 11 is 0. The molecule has 0 saturated heterocycles. The molecule has 162 valence electrons. The molecular formula is C25H34N2O3. The van der Waals surface area contributed by atoms with E-state index in [2.05, 4.69) is 12.2 Å². The standard InChI is InChI=1S/C25H34N2O3/c1-5-21-11-13-23(14-12-21)30-18-24(28)27(16-15-22-9-7-6-8-10-22)20(4)25(29)26-17-19(2)3/h6-14,19-20H,5,15-18H2,1-4H3,(H,26,29)/t20-/m0/s1. The number of hydrogen-bond donors (Lipinski definition) is 1. The molecule has 0 aliphatic rings. The summed E-state index contributed by atoms with van der Waals surface area (Å²) < 4.78 is 5.71. The first kappa shape index (κ1) is 23.5. The predicted molar refractivity (Wildman–Crippen MR) is 120 cm³/mol. The van der Waals surface area contributed by atoms with Gasteiger partial charge in [-0.25, -0.2) is 0 Å². The van der Waals surface area contributed by atoms with Crippen LogP contribution in [0.3, 0.4) is 0 Å². The van der Waals surface area contributed by atoms with Crippen LogP contribution in [0.1, 0.15) is 38.8 Å². The van der Waals surface area contributed by atoms with Crippen LogP contribution in [0.5, 0.6) is 5.75 Å². The fourth-order valence-corrected chi connectivity index (χ4v) is 3.07. The van der Waals surface area contributed by atoms with Crippen molar-refractivity contribution in [2.45, 2.75) is 46.6 Å². The minimum atomic E-state index is -0.564. The molecule has 2 aromatic rings. The maximum absolute atomic E-state index is 13.0. The van der Waals surface area contributed by atoms with Crippen molar-refractivity contribution >= 4 is 11.8 Å². The maximum atomic E-state index is 13.0. The number of amides is 2. The molecule has 2 rings (SSSR count). The molecule has 0 aromatic heterocycles. The van der Waals surface area contributed by atoms with Crippen molar-refractivity contribution in [2.24, 2.45) is 5.92 Å². The number of hydrogen-bond acceptors (Lipinski definition) is 3. The Balaban J connectivity index is 2.03. The molecule has 0 fully saturated rings. The zero-order valence-corrected chi connectivity index (χ0v) is 18.6. The van der Waals surface area contributed by atoms with Crippen LogP contribution in [-0.2, 0) is 22.4 Å². The molecule has 0 spiro atoms. The first-order chi connectivity index (χ1) is 14.4. The molecule has 5 heteroatoms. The van der Waals surface area contributed by atoms with Gasteiger partial charge < -0.3 is 15.0 Å². The van der Waals surface area contributed by atoms with Crippen LogP contribution >= 0.6 is 0 Å². The van der Waals surface area contributed by atoms with Gasteiger partial charge in [0.2, 0.25) is 5.91 Å². The van der Waals surface area contributed by atoms with E-state index in [9.17, 15) is 9.59 Å². The number of carbonyl (C=O) groups is 2. The lowest BCUT2D eigenvalue weighted by atomic mass is 10.1. The molecule has 1 N–H and O–H groups in total.